The molecular weight excluding hydrogens is 320 g/mol. The number of hydrogen-bond donors (Lipinski definition) is 0. The zero-order valence-electron chi connectivity index (χ0n) is 9.29. The van der Waals surface area contributed by atoms with Crippen LogP contribution in [0.1, 0.15) is 26.7 Å². The maximum absolute atomic E-state index is 11.4. The number of ether oxygens (including phenoxy) is 1. The van der Waals surface area contributed by atoms with E-state index in [1.807, 2.05) is 0 Å². The lowest BCUT2D eigenvalue weighted by Crippen LogP contribution is -2.19. The number of esters is 1. The fraction of sp³-hybridized carbons (Fsp3) is 0.667. The summed E-state index contributed by atoms with van der Waals surface area (Å²) in [6.45, 7) is 3.41. The van der Waals surface area contributed by atoms with Crippen molar-refractivity contribution in [2.24, 2.45) is 0 Å². The van der Waals surface area contributed by atoms with Crippen LogP contribution in [0.15, 0.2) is 10.1 Å². The molecule has 1 unspecified atom stereocenters. The van der Waals surface area contributed by atoms with Gasteiger partial charge in [0.05, 0.1) is 7.11 Å². The molecule has 1 atom stereocenters. The number of carbonyl (C=O) groups excluding carboxylic acids is 1. The van der Waals surface area contributed by atoms with E-state index < -0.39 is 20.3 Å². The quantitative estimate of drug-likeness (QED) is 0.441. The van der Waals surface area contributed by atoms with Crippen molar-refractivity contribution in [2.75, 3.05) is 7.11 Å². The summed E-state index contributed by atoms with van der Waals surface area (Å²) in [4.78, 5) is 11.4. The highest BCUT2D eigenvalue weighted by atomic mass is 79.9. The Balaban J connectivity index is 5.47. The molecule has 7 heteroatoms. The number of hydrogen-bond acceptors (Lipinski definition) is 4. The van der Waals surface area contributed by atoms with Gasteiger partial charge in [-0.2, -0.15) is 0 Å². The average molecular weight is 334 g/mol. The van der Waals surface area contributed by atoms with Crippen molar-refractivity contribution in [3.05, 3.63) is 10.1 Å². The fourth-order valence-corrected chi connectivity index (χ4v) is 4.49. The molecule has 0 saturated heterocycles. The van der Waals surface area contributed by atoms with Crippen molar-refractivity contribution < 1.29 is 17.9 Å². The lowest BCUT2D eigenvalue weighted by atomic mass is 10.1. The Bertz CT molecular complexity index is 388. The molecule has 0 amide bonds. The van der Waals surface area contributed by atoms with Gasteiger partial charge in [0.1, 0.15) is 5.25 Å². The zero-order chi connectivity index (χ0) is 12.9. The molecule has 0 aromatic rings. The van der Waals surface area contributed by atoms with Crippen LogP contribution in [0.4, 0.5) is 0 Å². The topological polar surface area (TPSA) is 60.4 Å². The van der Waals surface area contributed by atoms with E-state index in [1.54, 1.807) is 13.8 Å². The minimum absolute atomic E-state index is 0.277. The van der Waals surface area contributed by atoms with Crippen LogP contribution in [0.5, 0.6) is 0 Å². The third-order valence-corrected chi connectivity index (χ3v) is 5.30. The Morgan fingerprint density at radius 2 is 1.94 bits per heavy atom. The minimum Gasteiger partial charge on any atom is -0.466 e. The first kappa shape index (κ1) is 15.9. The molecule has 0 radical (unpaired) electrons. The van der Waals surface area contributed by atoms with Gasteiger partial charge in [0, 0.05) is 20.7 Å². The lowest BCUT2D eigenvalue weighted by Gasteiger charge is -2.14. The van der Waals surface area contributed by atoms with Gasteiger partial charge in [-0.05, 0) is 12.8 Å². The smallest absolute Gasteiger partial charge is 0.334 e. The molecule has 0 fully saturated rings. The first-order valence-electron chi connectivity index (χ1n) is 4.69. The SMILES string of the molecule is CC/C(C(=O)OC)=C(/Br)C(CC)S(=O)(=O)Cl. The van der Waals surface area contributed by atoms with E-state index in [9.17, 15) is 13.2 Å². The molecule has 0 spiro atoms. The zero-order valence-corrected chi connectivity index (χ0v) is 12.4. The molecule has 0 aromatic carbocycles. The van der Waals surface area contributed by atoms with Crippen LogP contribution < -0.4 is 0 Å². The highest BCUT2D eigenvalue weighted by molar-refractivity contribution is 9.12. The third-order valence-electron chi connectivity index (χ3n) is 2.07. The second-order valence-corrected chi connectivity index (χ2v) is 6.71. The third kappa shape index (κ3) is 4.07. The van der Waals surface area contributed by atoms with Crippen molar-refractivity contribution in [3.8, 4) is 0 Å². The summed E-state index contributed by atoms with van der Waals surface area (Å²) in [6.07, 6.45) is 0.656. The van der Waals surface area contributed by atoms with Crippen LogP contribution in [-0.4, -0.2) is 26.7 Å². The molecule has 0 aliphatic heterocycles. The summed E-state index contributed by atoms with van der Waals surface area (Å²) < 4.78 is 27.4. The monoisotopic (exact) mass is 332 g/mol. The van der Waals surface area contributed by atoms with E-state index >= 15 is 0 Å². The second-order valence-electron chi connectivity index (χ2n) is 3.04. The Labute approximate surface area is 109 Å². The van der Waals surface area contributed by atoms with Crippen LogP contribution in [0, 0.1) is 0 Å². The Kier molecular flexibility index (Phi) is 6.58. The lowest BCUT2D eigenvalue weighted by molar-refractivity contribution is -0.136. The number of carbonyl (C=O) groups is 1. The van der Waals surface area contributed by atoms with Gasteiger partial charge < -0.3 is 4.74 Å². The standard InChI is InChI=1S/C9H14BrClO4S/c1-4-6(9(12)15-3)8(10)7(5-2)16(11,13)14/h7H,4-5H2,1-3H3/b8-6-. The molecule has 0 aromatic heterocycles. The number of halogens is 2. The molecule has 94 valence electrons. The molecular formula is C9H14BrClO4S. The van der Waals surface area contributed by atoms with Gasteiger partial charge in [0.15, 0.2) is 0 Å². The van der Waals surface area contributed by atoms with Crippen molar-refractivity contribution in [1.82, 2.24) is 0 Å². The highest BCUT2D eigenvalue weighted by Crippen LogP contribution is 2.29. The molecule has 16 heavy (non-hydrogen) atoms. The summed E-state index contributed by atoms with van der Waals surface area (Å²) in [7, 11) is 2.79. The van der Waals surface area contributed by atoms with E-state index in [1.165, 1.54) is 7.11 Å². The normalized spacial score (nSPS) is 15.3. The summed E-state index contributed by atoms with van der Waals surface area (Å²) >= 11 is 3.12. The fourth-order valence-electron chi connectivity index (χ4n) is 1.23. The Morgan fingerprint density at radius 3 is 2.19 bits per heavy atom. The van der Waals surface area contributed by atoms with E-state index in [0.717, 1.165) is 0 Å². The van der Waals surface area contributed by atoms with Gasteiger partial charge in [-0.1, -0.05) is 29.8 Å². The molecule has 0 bridgehead atoms. The number of rotatable bonds is 5. The molecule has 0 heterocycles. The second kappa shape index (κ2) is 6.61. The molecule has 0 aliphatic carbocycles. The van der Waals surface area contributed by atoms with Gasteiger partial charge in [-0.25, -0.2) is 13.2 Å². The van der Waals surface area contributed by atoms with Crippen molar-refractivity contribution >= 4 is 41.6 Å². The first-order valence-corrected chi connectivity index (χ1v) is 7.86. The molecule has 0 N–H and O–H groups in total. The average Bonchev–Trinajstić information content (AvgIpc) is 2.17. The summed E-state index contributed by atoms with van der Waals surface area (Å²) in [6, 6.07) is 0. The highest BCUT2D eigenvalue weighted by Gasteiger charge is 2.28. The van der Waals surface area contributed by atoms with E-state index in [0.29, 0.717) is 12.0 Å². The van der Waals surface area contributed by atoms with Crippen LogP contribution in [0.3, 0.4) is 0 Å². The predicted octanol–water partition coefficient (Wildman–Crippen LogP) is 2.57. The Hall–Kier alpha value is -0.0700. The first-order chi connectivity index (χ1) is 7.29. The van der Waals surface area contributed by atoms with Crippen molar-refractivity contribution in [1.29, 1.82) is 0 Å². The van der Waals surface area contributed by atoms with Crippen LogP contribution in [0.2, 0.25) is 0 Å². The molecule has 0 saturated carbocycles. The van der Waals surface area contributed by atoms with Gasteiger partial charge in [-0.3, -0.25) is 0 Å². The maximum Gasteiger partial charge on any atom is 0.334 e. The van der Waals surface area contributed by atoms with Gasteiger partial charge in [-0.15, -0.1) is 0 Å². The summed E-state index contributed by atoms with van der Waals surface area (Å²) in [5, 5.41) is -0.914. The molecule has 0 rings (SSSR count). The molecule has 4 nitrogen and oxygen atoms in total. The molecule has 0 aliphatic rings. The van der Waals surface area contributed by atoms with Gasteiger partial charge in [0.2, 0.25) is 9.05 Å². The van der Waals surface area contributed by atoms with E-state index in [4.69, 9.17) is 10.7 Å². The number of methoxy groups -OCH3 is 1. The van der Waals surface area contributed by atoms with Crippen molar-refractivity contribution in [2.45, 2.75) is 31.9 Å². The predicted molar refractivity (Wildman–Crippen MR) is 67.1 cm³/mol. The van der Waals surface area contributed by atoms with Crippen LogP contribution in [0.25, 0.3) is 0 Å². The minimum atomic E-state index is -3.75. The van der Waals surface area contributed by atoms with Gasteiger partial charge in [0.25, 0.3) is 0 Å². The largest absolute Gasteiger partial charge is 0.466 e. The summed E-state index contributed by atoms with van der Waals surface area (Å²) in [5.41, 5.74) is 0.290. The van der Waals surface area contributed by atoms with Crippen molar-refractivity contribution in [3.63, 3.8) is 0 Å². The van der Waals surface area contributed by atoms with Crippen LogP contribution >= 0.6 is 26.6 Å². The van der Waals surface area contributed by atoms with Crippen LogP contribution in [-0.2, 0) is 18.6 Å². The maximum atomic E-state index is 11.4. The Morgan fingerprint density at radius 1 is 1.44 bits per heavy atom. The summed E-state index contributed by atoms with van der Waals surface area (Å²) in [5.74, 6) is -0.548. The van der Waals surface area contributed by atoms with E-state index in [-0.39, 0.29) is 10.9 Å². The van der Waals surface area contributed by atoms with E-state index in [2.05, 4.69) is 20.7 Å². The van der Waals surface area contributed by atoms with Gasteiger partial charge >= 0.3 is 5.97 Å².